The van der Waals surface area contributed by atoms with Crippen LogP contribution >= 0.6 is 0 Å². The van der Waals surface area contributed by atoms with Gasteiger partial charge in [0.2, 0.25) is 0 Å². The highest BCUT2D eigenvalue weighted by Gasteiger charge is 1.98. The Kier molecular flexibility index (Phi) is 5.84. The van der Waals surface area contributed by atoms with Crippen molar-refractivity contribution in [3.63, 3.8) is 0 Å². The Morgan fingerprint density at radius 2 is 1.86 bits per heavy atom. The lowest BCUT2D eigenvalue weighted by molar-refractivity contribution is 0.178. The first-order valence-corrected chi connectivity index (χ1v) is 4.44. The second kappa shape index (κ2) is 6.35. The van der Waals surface area contributed by atoms with E-state index in [0.29, 0.717) is 0 Å². The van der Waals surface area contributed by atoms with E-state index in [1.807, 2.05) is 13.8 Å². The highest BCUT2D eigenvalue weighted by Crippen LogP contribution is 2.13. The molecule has 0 saturated carbocycles. The van der Waals surface area contributed by atoms with Crippen molar-refractivity contribution < 1.29 is 13.5 Å². The van der Waals surface area contributed by atoms with E-state index >= 15 is 0 Å². The van der Waals surface area contributed by atoms with E-state index in [0.717, 1.165) is 5.57 Å². The molecule has 0 radical (unpaired) electrons. The largest absolute Gasteiger partial charge is 0.498 e. The number of allylic oxidation sites excluding steroid dienone is 4. The predicted octanol–water partition coefficient (Wildman–Crippen LogP) is 4.04. The van der Waals surface area contributed by atoms with Gasteiger partial charge in [-0.2, -0.15) is 0 Å². The Hall–Kier alpha value is -1.12. The first kappa shape index (κ1) is 12.9. The Morgan fingerprint density at radius 3 is 2.29 bits per heavy atom. The highest BCUT2D eigenvalue weighted by atomic mass is 19.2. The van der Waals surface area contributed by atoms with Crippen LogP contribution in [0.5, 0.6) is 0 Å². The first-order valence-electron chi connectivity index (χ1n) is 4.44. The van der Waals surface area contributed by atoms with Gasteiger partial charge in [0.05, 0.1) is 12.4 Å². The molecule has 0 saturated heterocycles. The molecule has 0 atom stereocenters. The van der Waals surface area contributed by atoms with Gasteiger partial charge in [-0.1, -0.05) is 6.08 Å². The van der Waals surface area contributed by atoms with Gasteiger partial charge in [-0.3, -0.25) is 0 Å². The summed E-state index contributed by atoms with van der Waals surface area (Å²) in [5, 5.41) is 0. The average molecular weight is 202 g/mol. The van der Waals surface area contributed by atoms with Crippen molar-refractivity contribution in [3.05, 3.63) is 35.6 Å². The fraction of sp³-hybridized carbons (Fsp3) is 0.455. The number of hydrogen-bond acceptors (Lipinski definition) is 1. The topological polar surface area (TPSA) is 9.23 Å². The van der Waals surface area contributed by atoms with Crippen molar-refractivity contribution in [2.24, 2.45) is 0 Å². The molecule has 0 aliphatic heterocycles. The molecule has 0 aromatic rings. The van der Waals surface area contributed by atoms with E-state index in [2.05, 4.69) is 0 Å². The fourth-order valence-corrected chi connectivity index (χ4v) is 0.774. The predicted molar refractivity (Wildman–Crippen MR) is 54.0 cm³/mol. The van der Waals surface area contributed by atoms with Crippen LogP contribution in [-0.2, 0) is 4.74 Å². The van der Waals surface area contributed by atoms with E-state index in [1.54, 1.807) is 6.92 Å². The van der Waals surface area contributed by atoms with Crippen molar-refractivity contribution >= 4 is 0 Å². The zero-order valence-electron chi connectivity index (χ0n) is 8.97. The smallest absolute Gasteiger partial charge is 0.154 e. The summed E-state index contributed by atoms with van der Waals surface area (Å²) in [6.45, 7) is 7.04. The number of ether oxygens (including phenoxy) is 1. The molecule has 14 heavy (non-hydrogen) atoms. The van der Waals surface area contributed by atoms with Gasteiger partial charge in [0, 0.05) is 0 Å². The van der Waals surface area contributed by atoms with Crippen molar-refractivity contribution in [1.29, 1.82) is 0 Å². The van der Waals surface area contributed by atoms with Crippen molar-refractivity contribution in [2.75, 3.05) is 0 Å². The van der Waals surface area contributed by atoms with E-state index in [9.17, 15) is 8.78 Å². The van der Waals surface area contributed by atoms with Crippen LogP contribution in [0.2, 0.25) is 0 Å². The highest BCUT2D eigenvalue weighted by molar-refractivity contribution is 5.29. The maximum atomic E-state index is 12.6. The number of rotatable bonds is 4. The molecule has 0 spiro atoms. The van der Waals surface area contributed by atoms with Crippen LogP contribution in [0.15, 0.2) is 35.6 Å². The van der Waals surface area contributed by atoms with Crippen LogP contribution in [0.25, 0.3) is 0 Å². The molecule has 0 rings (SSSR count). The molecule has 0 aliphatic carbocycles. The third-order valence-electron chi connectivity index (χ3n) is 1.44. The van der Waals surface area contributed by atoms with E-state index in [1.165, 1.54) is 19.3 Å². The molecular weight excluding hydrogens is 186 g/mol. The van der Waals surface area contributed by atoms with Crippen LogP contribution in [0.4, 0.5) is 8.78 Å². The lowest BCUT2D eigenvalue weighted by Crippen LogP contribution is -1.95. The molecule has 0 aromatic heterocycles. The maximum Gasteiger partial charge on any atom is 0.154 e. The summed E-state index contributed by atoms with van der Waals surface area (Å²) >= 11 is 0. The molecule has 0 aliphatic rings. The zero-order chi connectivity index (χ0) is 11.1. The van der Waals surface area contributed by atoms with E-state index in [-0.39, 0.29) is 18.0 Å². The quantitative estimate of drug-likeness (QED) is 0.493. The second-order valence-corrected chi connectivity index (χ2v) is 3.33. The Balaban J connectivity index is 4.42. The van der Waals surface area contributed by atoms with Crippen molar-refractivity contribution in [2.45, 2.75) is 33.8 Å². The molecule has 0 bridgehead atoms. The van der Waals surface area contributed by atoms with Gasteiger partial charge >= 0.3 is 0 Å². The molecule has 0 fully saturated rings. The number of halogens is 2. The van der Waals surface area contributed by atoms with Crippen LogP contribution in [0.1, 0.15) is 27.7 Å². The summed E-state index contributed by atoms with van der Waals surface area (Å²) in [4.78, 5) is 0. The Bertz CT molecular complexity index is 262. The van der Waals surface area contributed by atoms with Crippen LogP contribution in [-0.4, -0.2) is 6.10 Å². The average Bonchev–Trinajstić information content (AvgIpc) is 2.13. The minimum atomic E-state index is -0.859. The molecule has 0 amide bonds. The number of hydrogen-bond donors (Lipinski definition) is 0. The van der Waals surface area contributed by atoms with Gasteiger partial charge in [-0.25, -0.2) is 8.78 Å². The summed E-state index contributed by atoms with van der Waals surface area (Å²) in [5.74, 6) is -0.859. The van der Waals surface area contributed by atoms with Gasteiger partial charge in [0.1, 0.15) is 6.33 Å². The van der Waals surface area contributed by atoms with Crippen LogP contribution < -0.4 is 0 Å². The van der Waals surface area contributed by atoms with Crippen LogP contribution in [0, 0.1) is 0 Å². The van der Waals surface area contributed by atoms with Crippen molar-refractivity contribution in [3.8, 4) is 0 Å². The van der Waals surface area contributed by atoms with Gasteiger partial charge in [-0.15, -0.1) is 0 Å². The summed E-state index contributed by atoms with van der Waals surface area (Å²) in [5.41, 5.74) is 0.988. The summed E-state index contributed by atoms with van der Waals surface area (Å²) in [7, 11) is 0. The van der Waals surface area contributed by atoms with E-state index in [4.69, 9.17) is 4.74 Å². The lowest BCUT2D eigenvalue weighted by atomic mass is 10.2. The molecule has 0 N–H and O–H groups in total. The molecule has 1 nitrogen and oxygen atoms in total. The maximum absolute atomic E-state index is 12.6. The lowest BCUT2D eigenvalue weighted by Gasteiger charge is -2.04. The van der Waals surface area contributed by atoms with Gasteiger partial charge in [0.15, 0.2) is 5.83 Å². The molecule has 0 aromatic carbocycles. The fourth-order valence-electron chi connectivity index (χ4n) is 0.774. The molecular formula is C11H16F2O. The summed E-state index contributed by atoms with van der Waals surface area (Å²) in [6.07, 6.45) is 3.08. The monoisotopic (exact) mass is 202 g/mol. The van der Waals surface area contributed by atoms with Crippen LogP contribution in [0.3, 0.4) is 0 Å². The molecule has 0 heterocycles. The third kappa shape index (κ3) is 5.51. The molecule has 80 valence electrons. The summed E-state index contributed by atoms with van der Waals surface area (Å²) < 4.78 is 29.6. The normalized spacial score (nSPS) is 14.9. The zero-order valence-corrected chi connectivity index (χ0v) is 8.97. The third-order valence-corrected chi connectivity index (χ3v) is 1.44. The minimum absolute atomic E-state index is 0.0532. The standard InChI is InChI=1S/C11H16F2O/c1-8(2)14-7-9(3)5-10(4)11(13)6-12/h5-8H,1-4H3/b9-7+,10-5-,11-6-. The summed E-state index contributed by atoms with van der Waals surface area (Å²) in [6, 6.07) is 0. The van der Waals surface area contributed by atoms with E-state index < -0.39 is 5.83 Å². The molecule has 3 heteroatoms. The van der Waals surface area contributed by atoms with Gasteiger partial charge in [0.25, 0.3) is 0 Å². The Labute approximate surface area is 83.8 Å². The first-order chi connectivity index (χ1) is 6.47. The molecule has 0 unspecified atom stereocenters. The second-order valence-electron chi connectivity index (χ2n) is 3.33. The Morgan fingerprint density at radius 1 is 1.29 bits per heavy atom. The minimum Gasteiger partial charge on any atom is -0.498 e. The van der Waals surface area contributed by atoms with Gasteiger partial charge in [-0.05, 0) is 38.8 Å². The van der Waals surface area contributed by atoms with Gasteiger partial charge < -0.3 is 4.74 Å². The SMILES string of the molecule is CC(=C/C(C)=C/OC(C)C)/C(F)=C/F. The van der Waals surface area contributed by atoms with Crippen molar-refractivity contribution in [1.82, 2.24) is 0 Å².